The summed E-state index contributed by atoms with van der Waals surface area (Å²) in [6.07, 6.45) is 0. The van der Waals surface area contributed by atoms with Crippen LogP contribution in [0.4, 0.5) is 0 Å². The SMILES string of the molecule is [2H]c1c([2H])c([2H])c(-c2cccc3c2sc2cccc(-c4nc(-c5ccccc5)nc(-c5cc(-c6ccccc6)cc(-c6ccccc6)c5)n4)c23)c([2H])c1[2H]. The van der Waals surface area contributed by atoms with E-state index in [9.17, 15) is 0 Å². The molecule has 3 nitrogen and oxygen atoms in total. The fraction of sp³-hybridized carbons (Fsp3) is 0. The molecule has 0 aliphatic rings. The van der Waals surface area contributed by atoms with Crippen molar-refractivity contribution in [3.05, 3.63) is 176 Å². The second kappa shape index (κ2) is 12.4. The molecule has 49 heavy (non-hydrogen) atoms. The van der Waals surface area contributed by atoms with Crippen molar-refractivity contribution < 1.29 is 6.85 Å². The van der Waals surface area contributed by atoms with E-state index in [1.54, 1.807) is 0 Å². The summed E-state index contributed by atoms with van der Waals surface area (Å²) in [5, 5.41) is 1.81. The van der Waals surface area contributed by atoms with E-state index < -0.39 is 6.04 Å². The first kappa shape index (κ1) is 24.0. The molecule has 0 saturated heterocycles. The third kappa shape index (κ3) is 5.48. The van der Waals surface area contributed by atoms with Crippen LogP contribution in [0.25, 0.3) is 87.7 Å². The van der Waals surface area contributed by atoms with Crippen LogP contribution < -0.4 is 0 Å². The molecule has 230 valence electrons. The molecule has 2 aromatic heterocycles. The van der Waals surface area contributed by atoms with E-state index in [0.717, 1.165) is 59.1 Å². The van der Waals surface area contributed by atoms with E-state index >= 15 is 0 Å². The summed E-state index contributed by atoms with van der Waals surface area (Å²) in [5.74, 6) is 1.58. The Morgan fingerprint density at radius 1 is 0.408 bits per heavy atom. The van der Waals surface area contributed by atoms with Crippen LogP contribution in [0.1, 0.15) is 6.85 Å². The number of hydrogen-bond donors (Lipinski definition) is 0. The smallest absolute Gasteiger partial charge is 0.164 e. The molecule has 0 aliphatic carbocycles. The number of fused-ring (bicyclic) bond motifs is 3. The van der Waals surface area contributed by atoms with Crippen LogP contribution in [0.2, 0.25) is 0 Å². The summed E-state index contributed by atoms with van der Waals surface area (Å²) in [4.78, 5) is 15.4. The zero-order valence-corrected chi connectivity index (χ0v) is 26.9. The Balaban J connectivity index is 1.29. The van der Waals surface area contributed by atoms with Gasteiger partial charge in [0.05, 0.1) is 6.85 Å². The first-order valence-corrected chi connectivity index (χ1v) is 16.8. The van der Waals surface area contributed by atoms with E-state index in [1.807, 2.05) is 103 Å². The minimum absolute atomic E-state index is 0.182. The summed E-state index contributed by atoms with van der Waals surface area (Å²) >= 11 is 1.52. The second-order valence-corrected chi connectivity index (χ2v) is 12.7. The Kier molecular flexibility index (Phi) is 6.08. The topological polar surface area (TPSA) is 38.7 Å². The van der Waals surface area contributed by atoms with E-state index in [4.69, 9.17) is 21.8 Å². The standard InChI is InChI=1S/C45H29N3S/c1-5-15-30(16-6-1)34-27-35(31-17-7-2-8-18-31)29-36(28-34)44-46-43(33-21-11-4-12-22-33)47-45(48-44)39-25-14-26-40-41(39)38-24-13-23-37(42(38)49-40)32-19-9-3-10-20-32/h1-29H/i3D,9D,10D,19D,20D. The number of benzene rings is 7. The summed E-state index contributed by atoms with van der Waals surface area (Å²) in [5.41, 5.74) is 7.53. The maximum Gasteiger partial charge on any atom is 0.164 e. The van der Waals surface area contributed by atoms with Crippen molar-refractivity contribution in [1.29, 1.82) is 0 Å². The largest absolute Gasteiger partial charge is 0.208 e. The Bertz CT molecular complexity index is 2790. The summed E-state index contributed by atoms with van der Waals surface area (Å²) < 4.78 is 44.0. The lowest BCUT2D eigenvalue weighted by Crippen LogP contribution is -2.01. The number of rotatable bonds is 6. The van der Waals surface area contributed by atoms with Crippen molar-refractivity contribution in [2.45, 2.75) is 0 Å². The molecule has 0 radical (unpaired) electrons. The molecule has 9 rings (SSSR count). The number of aromatic nitrogens is 3. The molecule has 2 heterocycles. The molecule has 0 amide bonds. The van der Waals surface area contributed by atoms with Crippen LogP contribution in [0.5, 0.6) is 0 Å². The third-order valence-corrected chi connectivity index (χ3v) is 9.81. The number of hydrogen-bond acceptors (Lipinski definition) is 4. The predicted molar refractivity (Wildman–Crippen MR) is 205 cm³/mol. The van der Waals surface area contributed by atoms with Gasteiger partial charge >= 0.3 is 0 Å². The number of thiophene rings is 1. The van der Waals surface area contributed by atoms with Crippen LogP contribution in [0.3, 0.4) is 0 Å². The molecule has 0 N–H and O–H groups in total. The van der Waals surface area contributed by atoms with Gasteiger partial charge in [-0.3, -0.25) is 0 Å². The highest BCUT2D eigenvalue weighted by Gasteiger charge is 2.19. The van der Waals surface area contributed by atoms with Gasteiger partial charge in [0.2, 0.25) is 0 Å². The predicted octanol–water partition coefficient (Wildman–Crippen LogP) is 12.2. The second-order valence-electron chi connectivity index (χ2n) is 11.7. The Morgan fingerprint density at radius 2 is 0.939 bits per heavy atom. The number of nitrogens with zero attached hydrogens (tertiary/aromatic N) is 3. The minimum Gasteiger partial charge on any atom is -0.208 e. The molecule has 0 fully saturated rings. The molecule has 0 spiro atoms. The van der Waals surface area contributed by atoms with Crippen LogP contribution in [0, 0.1) is 0 Å². The zero-order chi connectivity index (χ0) is 36.9. The van der Waals surface area contributed by atoms with Crippen LogP contribution >= 0.6 is 11.3 Å². The van der Waals surface area contributed by atoms with Gasteiger partial charge in [-0.25, -0.2) is 15.0 Å². The average molecular weight is 649 g/mol. The maximum absolute atomic E-state index is 8.72. The van der Waals surface area contributed by atoms with Gasteiger partial charge in [0, 0.05) is 36.9 Å². The summed E-state index contributed by atoms with van der Waals surface area (Å²) in [7, 11) is 0. The van der Waals surface area contributed by atoms with Gasteiger partial charge in [-0.2, -0.15) is 0 Å². The van der Waals surface area contributed by atoms with Crippen LogP contribution in [-0.4, -0.2) is 15.0 Å². The van der Waals surface area contributed by atoms with Gasteiger partial charge in [0.1, 0.15) is 0 Å². The van der Waals surface area contributed by atoms with E-state index in [1.165, 1.54) is 11.3 Å². The van der Waals surface area contributed by atoms with Crippen molar-refractivity contribution in [3.8, 4) is 67.5 Å². The molecular weight excluding hydrogens is 615 g/mol. The fourth-order valence-corrected chi connectivity index (χ4v) is 7.56. The molecule has 0 unspecified atom stereocenters. The Labute approximate surface area is 295 Å². The van der Waals surface area contributed by atoms with Gasteiger partial charge in [0.15, 0.2) is 17.5 Å². The molecular formula is C45H29N3S. The minimum atomic E-state index is -0.412. The highest BCUT2D eigenvalue weighted by Crippen LogP contribution is 2.43. The third-order valence-electron chi connectivity index (χ3n) is 8.61. The summed E-state index contributed by atoms with van der Waals surface area (Å²) in [6.45, 7) is 0. The summed E-state index contributed by atoms with van der Waals surface area (Å²) in [6, 6.07) is 47.0. The zero-order valence-electron chi connectivity index (χ0n) is 31.1. The van der Waals surface area contributed by atoms with Gasteiger partial charge in [0.25, 0.3) is 0 Å². The monoisotopic (exact) mass is 648 g/mol. The van der Waals surface area contributed by atoms with Crippen molar-refractivity contribution in [2.24, 2.45) is 0 Å². The molecule has 9 aromatic rings. The Hall–Kier alpha value is -6.23. The molecule has 0 saturated carbocycles. The van der Waals surface area contributed by atoms with Gasteiger partial charge in [-0.1, -0.05) is 152 Å². The molecule has 7 aromatic carbocycles. The molecule has 0 aliphatic heterocycles. The van der Waals surface area contributed by atoms with Crippen molar-refractivity contribution in [3.63, 3.8) is 0 Å². The highest BCUT2D eigenvalue weighted by atomic mass is 32.1. The quantitative estimate of drug-likeness (QED) is 0.180. The highest BCUT2D eigenvalue weighted by molar-refractivity contribution is 7.26. The lowest BCUT2D eigenvalue weighted by atomic mass is 9.96. The molecule has 4 heteroatoms. The molecule has 0 bridgehead atoms. The first-order chi connectivity index (χ1) is 26.4. The van der Waals surface area contributed by atoms with Crippen LogP contribution in [-0.2, 0) is 0 Å². The lowest BCUT2D eigenvalue weighted by Gasteiger charge is -2.13. The Morgan fingerprint density at radius 3 is 1.59 bits per heavy atom. The normalized spacial score (nSPS) is 12.7. The molecule has 0 atom stereocenters. The first-order valence-electron chi connectivity index (χ1n) is 18.5. The van der Waals surface area contributed by atoms with E-state index in [0.29, 0.717) is 23.0 Å². The van der Waals surface area contributed by atoms with E-state index in [-0.39, 0.29) is 29.7 Å². The van der Waals surface area contributed by atoms with Gasteiger partial charge in [-0.15, -0.1) is 11.3 Å². The van der Waals surface area contributed by atoms with Gasteiger partial charge < -0.3 is 0 Å². The van der Waals surface area contributed by atoms with Crippen molar-refractivity contribution >= 4 is 31.5 Å². The average Bonchev–Trinajstić information content (AvgIpc) is 3.63. The fourth-order valence-electron chi connectivity index (χ4n) is 6.31. The lowest BCUT2D eigenvalue weighted by molar-refractivity contribution is 1.08. The maximum atomic E-state index is 8.72. The van der Waals surface area contributed by atoms with Gasteiger partial charge in [-0.05, 0) is 57.6 Å². The van der Waals surface area contributed by atoms with Crippen molar-refractivity contribution in [1.82, 2.24) is 15.0 Å². The van der Waals surface area contributed by atoms with E-state index in [2.05, 4.69) is 42.5 Å². The van der Waals surface area contributed by atoms with Crippen LogP contribution in [0.15, 0.2) is 176 Å². The van der Waals surface area contributed by atoms with Crippen molar-refractivity contribution in [2.75, 3.05) is 0 Å².